The third kappa shape index (κ3) is 7.31. The molecule has 0 spiro atoms. The van der Waals surface area contributed by atoms with Crippen LogP contribution in [0.2, 0.25) is 10.0 Å². The largest absolute Gasteiger partial charge is 0.497 e. The van der Waals surface area contributed by atoms with Gasteiger partial charge >= 0.3 is 0 Å². The maximum Gasteiger partial charge on any atom is 0.210 e. The number of rotatable bonds is 9. The van der Waals surface area contributed by atoms with E-state index in [4.69, 9.17) is 43.1 Å². The molecule has 0 radical (unpaired) electrons. The molecule has 1 amide bonds. The van der Waals surface area contributed by atoms with Crippen LogP contribution in [0.15, 0.2) is 70.6 Å². The highest BCUT2D eigenvalue weighted by atomic mass is 35.5. The molecule has 41 heavy (non-hydrogen) atoms. The minimum Gasteiger partial charge on any atom is -0.497 e. The van der Waals surface area contributed by atoms with E-state index in [-0.39, 0.29) is 6.04 Å². The van der Waals surface area contributed by atoms with Crippen molar-refractivity contribution in [2.75, 3.05) is 33.9 Å². The van der Waals surface area contributed by atoms with Gasteiger partial charge in [-0.3, -0.25) is 9.79 Å². The highest BCUT2D eigenvalue weighted by molar-refractivity contribution is 6.31. The zero-order valence-corrected chi connectivity index (χ0v) is 24.2. The Morgan fingerprint density at radius 3 is 2.51 bits per heavy atom. The molecule has 0 fully saturated rings. The molecule has 3 N–H and O–H groups in total. The molecule has 1 aromatic heterocycles. The molecule has 5 rings (SSSR count). The molecule has 0 bridgehead atoms. The molecule has 0 saturated carbocycles. The number of hydrogen-bond donors (Lipinski definition) is 2. The molecule has 3 aromatic carbocycles. The van der Waals surface area contributed by atoms with Gasteiger partial charge in [0.05, 0.1) is 33.1 Å². The topological polar surface area (TPSA) is 115 Å². The summed E-state index contributed by atoms with van der Waals surface area (Å²) in [7, 11) is 3.22. The summed E-state index contributed by atoms with van der Waals surface area (Å²) in [4.78, 5) is 25.0. The maximum absolute atomic E-state index is 11.9. The number of ether oxygens (including phenoxy) is 3. The van der Waals surface area contributed by atoms with E-state index < -0.39 is 0 Å². The Hall–Kier alpha value is -4.21. The van der Waals surface area contributed by atoms with Gasteiger partial charge in [-0.05, 0) is 72.1 Å². The molecule has 1 unspecified atom stereocenters. The number of nitrogens with zero attached hydrogens (tertiary/aromatic N) is 3. The lowest BCUT2D eigenvalue weighted by Crippen LogP contribution is -2.35. The molecule has 9 nitrogen and oxygen atoms in total. The minimum absolute atomic E-state index is 0.260. The van der Waals surface area contributed by atoms with Crippen LogP contribution in [0.25, 0.3) is 10.9 Å². The smallest absolute Gasteiger partial charge is 0.210 e. The van der Waals surface area contributed by atoms with Crippen LogP contribution in [-0.2, 0) is 11.2 Å². The fourth-order valence-electron chi connectivity index (χ4n) is 4.65. The van der Waals surface area contributed by atoms with Crippen LogP contribution in [0.3, 0.4) is 0 Å². The van der Waals surface area contributed by atoms with Gasteiger partial charge < -0.3 is 29.8 Å². The lowest BCUT2D eigenvalue weighted by atomic mass is 9.92. The van der Waals surface area contributed by atoms with E-state index in [1.54, 1.807) is 31.3 Å². The second-order valence-electron chi connectivity index (χ2n) is 8.94. The number of aromatic nitrogens is 1. The molecule has 2 heterocycles. The molecule has 0 saturated heterocycles. The Morgan fingerprint density at radius 1 is 1.02 bits per heavy atom. The predicted octanol–water partition coefficient (Wildman–Crippen LogP) is 5.68. The molecule has 214 valence electrons. The number of carbonyl (C=O) groups is 1. The van der Waals surface area contributed by atoms with Crippen molar-refractivity contribution in [3.63, 3.8) is 0 Å². The van der Waals surface area contributed by atoms with Gasteiger partial charge in [0, 0.05) is 33.2 Å². The van der Waals surface area contributed by atoms with Crippen molar-refractivity contribution in [3.05, 3.63) is 87.5 Å². The van der Waals surface area contributed by atoms with E-state index >= 15 is 0 Å². The van der Waals surface area contributed by atoms with Crippen molar-refractivity contribution < 1.29 is 19.0 Å². The summed E-state index contributed by atoms with van der Waals surface area (Å²) in [5.74, 6) is 2.02. The number of aromatic amines is 1. The summed E-state index contributed by atoms with van der Waals surface area (Å²) in [6.45, 7) is 1.42. The second kappa shape index (κ2) is 14.4. The van der Waals surface area contributed by atoms with E-state index in [2.05, 4.69) is 15.0 Å². The number of halogens is 2. The second-order valence-corrected chi connectivity index (χ2v) is 9.81. The van der Waals surface area contributed by atoms with Gasteiger partial charge in [-0.15, -0.1) is 0 Å². The van der Waals surface area contributed by atoms with E-state index in [1.807, 2.05) is 48.5 Å². The first-order chi connectivity index (χ1) is 20.0. The lowest BCUT2D eigenvalue weighted by Gasteiger charge is -2.33. The number of aliphatic imine (C=N–C) groups is 2. The zero-order valence-electron chi connectivity index (χ0n) is 22.7. The average molecular weight is 597 g/mol. The number of nitrogens with two attached hydrogens (primary N) is 1. The van der Waals surface area contributed by atoms with E-state index in [0.717, 1.165) is 45.8 Å². The summed E-state index contributed by atoms with van der Waals surface area (Å²) >= 11 is 11.8. The summed E-state index contributed by atoms with van der Waals surface area (Å²) in [5.41, 5.74) is 9.27. The summed E-state index contributed by atoms with van der Waals surface area (Å²) in [5, 5.41) is 2.52. The number of benzene rings is 3. The maximum atomic E-state index is 11.9. The lowest BCUT2D eigenvalue weighted by molar-refractivity contribution is -0.120. The van der Waals surface area contributed by atoms with Crippen molar-refractivity contribution in [1.29, 1.82) is 0 Å². The number of amides is 1. The fraction of sp³-hybridized carbons (Fsp3) is 0.233. The van der Waals surface area contributed by atoms with Gasteiger partial charge in [0.15, 0.2) is 11.5 Å². The van der Waals surface area contributed by atoms with Crippen molar-refractivity contribution in [2.24, 2.45) is 15.7 Å². The molecule has 4 aromatic rings. The Morgan fingerprint density at radius 2 is 1.80 bits per heavy atom. The SMILES string of the molecule is COc1cc(C2c3[nH]c4ccc(Cl)cc4c3CCN2C=O)ccc1OCCN=CN=CN.COc1ccc(Cl)cc1. The third-order valence-corrected chi connectivity index (χ3v) is 7.01. The highest BCUT2D eigenvalue weighted by Crippen LogP contribution is 2.40. The quantitative estimate of drug-likeness (QED) is 0.112. The Balaban J connectivity index is 0.000000367. The van der Waals surface area contributed by atoms with Gasteiger partial charge in [0.25, 0.3) is 0 Å². The molecule has 0 aliphatic carbocycles. The highest BCUT2D eigenvalue weighted by Gasteiger charge is 2.31. The Bertz CT molecular complexity index is 1520. The van der Waals surface area contributed by atoms with Crippen LogP contribution in [0, 0.1) is 0 Å². The monoisotopic (exact) mass is 595 g/mol. The number of H-pyrrole nitrogens is 1. The van der Waals surface area contributed by atoms with Crippen LogP contribution in [-0.4, -0.2) is 62.9 Å². The average Bonchev–Trinajstić information content (AvgIpc) is 3.37. The van der Waals surface area contributed by atoms with E-state index in [0.29, 0.717) is 36.2 Å². The van der Waals surface area contributed by atoms with Gasteiger partial charge in [-0.1, -0.05) is 29.3 Å². The minimum atomic E-state index is -0.260. The normalized spacial score (nSPS) is 14.5. The molecular formula is C30H31Cl2N5O4. The standard InChI is InChI=1S/C23H24ClN5O3.C7H7ClO/c1-31-21-10-15(2-5-20(21)32-9-7-26-13-27-12-25)23-22-17(6-8-29(23)14-30)18-11-16(24)3-4-19(18)28-22;1-9-7-4-2-6(8)3-5-7/h2-5,10-14,23,28H,6-9H2,1H3,(H2,25,26,27);2-5H,1H3. The summed E-state index contributed by atoms with van der Waals surface area (Å²) in [6.07, 6.45) is 4.21. The molecular weight excluding hydrogens is 565 g/mol. The first-order valence-corrected chi connectivity index (χ1v) is 13.6. The van der Waals surface area contributed by atoms with Crippen LogP contribution >= 0.6 is 23.2 Å². The number of methoxy groups -OCH3 is 2. The number of carbonyl (C=O) groups excluding carboxylic acids is 1. The predicted molar refractivity (Wildman–Crippen MR) is 164 cm³/mol. The van der Waals surface area contributed by atoms with Gasteiger partial charge in [-0.2, -0.15) is 0 Å². The van der Waals surface area contributed by atoms with Crippen molar-refractivity contribution >= 4 is 53.2 Å². The molecule has 1 aliphatic rings. The summed E-state index contributed by atoms with van der Waals surface area (Å²) < 4.78 is 16.3. The number of hydrogen-bond acceptors (Lipinski definition) is 5. The fourth-order valence-corrected chi connectivity index (χ4v) is 4.94. The van der Waals surface area contributed by atoms with Crippen molar-refractivity contribution in [2.45, 2.75) is 12.5 Å². The molecule has 1 atom stereocenters. The molecule has 1 aliphatic heterocycles. The van der Waals surface area contributed by atoms with Crippen LogP contribution in [0.1, 0.15) is 22.9 Å². The first-order valence-electron chi connectivity index (χ1n) is 12.8. The third-order valence-electron chi connectivity index (χ3n) is 6.53. The Labute approximate surface area is 248 Å². The van der Waals surface area contributed by atoms with Gasteiger partial charge in [-0.25, -0.2) is 4.99 Å². The van der Waals surface area contributed by atoms with Gasteiger partial charge in [0.2, 0.25) is 6.41 Å². The zero-order chi connectivity index (χ0) is 29.2. The van der Waals surface area contributed by atoms with Crippen molar-refractivity contribution in [3.8, 4) is 17.2 Å². The number of fused-ring (bicyclic) bond motifs is 3. The summed E-state index contributed by atoms with van der Waals surface area (Å²) in [6, 6.07) is 18.5. The van der Waals surface area contributed by atoms with Crippen LogP contribution in [0.4, 0.5) is 0 Å². The van der Waals surface area contributed by atoms with Gasteiger partial charge in [0.1, 0.15) is 18.7 Å². The van der Waals surface area contributed by atoms with E-state index in [9.17, 15) is 4.79 Å². The van der Waals surface area contributed by atoms with Crippen molar-refractivity contribution in [1.82, 2.24) is 9.88 Å². The Kier molecular flexibility index (Phi) is 10.5. The number of nitrogens with one attached hydrogen (secondary N) is 1. The first kappa shape index (κ1) is 29.8. The molecule has 11 heteroatoms. The van der Waals surface area contributed by atoms with E-state index in [1.165, 1.54) is 18.2 Å². The van der Waals surface area contributed by atoms with Crippen LogP contribution < -0.4 is 19.9 Å². The van der Waals surface area contributed by atoms with Crippen LogP contribution in [0.5, 0.6) is 17.2 Å².